The number of anilines is 1. The van der Waals surface area contributed by atoms with Gasteiger partial charge in [0.1, 0.15) is 10.7 Å². The highest BCUT2D eigenvalue weighted by atomic mass is 32.1. The van der Waals surface area contributed by atoms with Gasteiger partial charge >= 0.3 is 0 Å². The number of rotatable bonds is 3. The lowest BCUT2D eigenvalue weighted by atomic mass is 10.1. The van der Waals surface area contributed by atoms with E-state index in [1.54, 1.807) is 5.51 Å². The first-order valence-corrected chi connectivity index (χ1v) is 7.23. The van der Waals surface area contributed by atoms with Gasteiger partial charge in [0, 0.05) is 12.1 Å². The summed E-state index contributed by atoms with van der Waals surface area (Å²) >= 11 is 1.47. The minimum atomic E-state index is 0.0747. The average molecular weight is 273 g/mol. The van der Waals surface area contributed by atoms with E-state index in [0.717, 1.165) is 35.8 Å². The molecule has 1 aliphatic heterocycles. The van der Waals surface area contributed by atoms with Gasteiger partial charge in [-0.1, -0.05) is 30.3 Å². The van der Waals surface area contributed by atoms with Gasteiger partial charge in [-0.25, -0.2) is 4.98 Å². The van der Waals surface area contributed by atoms with Crippen LogP contribution in [-0.2, 0) is 4.79 Å². The second kappa shape index (κ2) is 5.50. The molecule has 4 nitrogen and oxygen atoms in total. The number of carbonyl (C=O) groups excluding carboxylic acids is 1. The molecule has 1 aliphatic rings. The van der Waals surface area contributed by atoms with Crippen molar-refractivity contribution >= 4 is 22.2 Å². The van der Waals surface area contributed by atoms with E-state index in [1.165, 1.54) is 11.3 Å². The van der Waals surface area contributed by atoms with Gasteiger partial charge in [-0.15, -0.1) is 11.3 Å². The van der Waals surface area contributed by atoms with Gasteiger partial charge < -0.3 is 10.6 Å². The first-order chi connectivity index (χ1) is 9.34. The number of benzene rings is 1. The Morgan fingerprint density at radius 3 is 2.95 bits per heavy atom. The molecule has 1 aromatic carbocycles. The van der Waals surface area contributed by atoms with E-state index in [0.29, 0.717) is 0 Å². The van der Waals surface area contributed by atoms with Gasteiger partial charge in [0.15, 0.2) is 0 Å². The number of hydrogen-bond acceptors (Lipinski definition) is 4. The van der Waals surface area contributed by atoms with E-state index >= 15 is 0 Å². The maximum absolute atomic E-state index is 12.1. The Kier molecular flexibility index (Phi) is 3.57. The highest BCUT2D eigenvalue weighted by Crippen LogP contribution is 2.30. The van der Waals surface area contributed by atoms with Crippen LogP contribution in [0.25, 0.3) is 11.3 Å². The zero-order valence-corrected chi connectivity index (χ0v) is 11.2. The highest BCUT2D eigenvalue weighted by Gasteiger charge is 2.23. The first-order valence-electron chi connectivity index (χ1n) is 6.35. The van der Waals surface area contributed by atoms with Gasteiger partial charge in [-0.2, -0.15) is 0 Å². The molecule has 1 atom stereocenters. The molecule has 1 fully saturated rings. The lowest BCUT2D eigenvalue weighted by Gasteiger charge is -2.09. The molecule has 98 valence electrons. The summed E-state index contributed by atoms with van der Waals surface area (Å²) < 4.78 is 0. The van der Waals surface area contributed by atoms with Crippen LogP contribution in [0, 0.1) is 5.92 Å². The third-order valence-electron chi connectivity index (χ3n) is 3.28. The first kappa shape index (κ1) is 12.3. The van der Waals surface area contributed by atoms with E-state index in [1.807, 2.05) is 30.3 Å². The van der Waals surface area contributed by atoms with Crippen molar-refractivity contribution in [1.29, 1.82) is 0 Å². The van der Waals surface area contributed by atoms with Crippen LogP contribution in [0.1, 0.15) is 6.42 Å². The summed E-state index contributed by atoms with van der Waals surface area (Å²) in [5.74, 6) is 0.164. The van der Waals surface area contributed by atoms with Crippen LogP contribution in [0.2, 0.25) is 0 Å². The Labute approximate surface area is 115 Å². The van der Waals surface area contributed by atoms with Crippen molar-refractivity contribution < 1.29 is 4.79 Å². The van der Waals surface area contributed by atoms with Crippen molar-refractivity contribution in [2.45, 2.75) is 6.42 Å². The predicted octanol–water partition coefficient (Wildman–Crippen LogP) is 2.36. The Balaban J connectivity index is 1.79. The van der Waals surface area contributed by atoms with Crippen molar-refractivity contribution in [2.75, 3.05) is 18.4 Å². The van der Waals surface area contributed by atoms with Crippen LogP contribution in [0.15, 0.2) is 35.8 Å². The van der Waals surface area contributed by atoms with E-state index in [4.69, 9.17) is 0 Å². The Hall–Kier alpha value is -1.72. The molecule has 1 saturated heterocycles. The molecule has 19 heavy (non-hydrogen) atoms. The van der Waals surface area contributed by atoms with Gasteiger partial charge in [0.05, 0.1) is 11.4 Å². The molecule has 1 unspecified atom stereocenters. The van der Waals surface area contributed by atoms with Crippen molar-refractivity contribution in [1.82, 2.24) is 10.3 Å². The second-order valence-electron chi connectivity index (χ2n) is 4.58. The fourth-order valence-corrected chi connectivity index (χ4v) is 2.93. The number of nitrogens with zero attached hydrogens (tertiary/aromatic N) is 1. The number of amides is 1. The number of carbonyl (C=O) groups is 1. The minimum Gasteiger partial charge on any atom is -0.316 e. The van der Waals surface area contributed by atoms with E-state index in [9.17, 15) is 4.79 Å². The molecule has 2 aromatic rings. The van der Waals surface area contributed by atoms with Crippen molar-refractivity contribution in [3.63, 3.8) is 0 Å². The lowest BCUT2D eigenvalue weighted by Crippen LogP contribution is -2.24. The predicted molar refractivity (Wildman–Crippen MR) is 77.2 cm³/mol. The zero-order chi connectivity index (χ0) is 13.1. The van der Waals surface area contributed by atoms with Crippen molar-refractivity contribution in [3.8, 4) is 11.3 Å². The van der Waals surface area contributed by atoms with Crippen LogP contribution >= 0.6 is 11.3 Å². The number of aromatic nitrogens is 1. The minimum absolute atomic E-state index is 0.0747. The maximum atomic E-state index is 12.1. The molecular weight excluding hydrogens is 258 g/mol. The molecule has 0 saturated carbocycles. The van der Waals surface area contributed by atoms with Crippen LogP contribution in [0.4, 0.5) is 5.00 Å². The molecule has 3 rings (SSSR count). The fourth-order valence-electron chi connectivity index (χ4n) is 2.23. The van der Waals surface area contributed by atoms with Crippen LogP contribution in [-0.4, -0.2) is 24.0 Å². The summed E-state index contributed by atoms with van der Waals surface area (Å²) in [6, 6.07) is 9.92. The molecule has 1 aromatic heterocycles. The molecule has 1 amide bonds. The largest absolute Gasteiger partial charge is 0.316 e. The summed E-state index contributed by atoms with van der Waals surface area (Å²) in [7, 11) is 0. The zero-order valence-electron chi connectivity index (χ0n) is 10.4. The topological polar surface area (TPSA) is 54.0 Å². The Morgan fingerprint density at radius 2 is 2.21 bits per heavy atom. The van der Waals surface area contributed by atoms with Gasteiger partial charge in [-0.3, -0.25) is 4.79 Å². The maximum Gasteiger partial charge on any atom is 0.229 e. The Morgan fingerprint density at radius 1 is 1.37 bits per heavy atom. The summed E-state index contributed by atoms with van der Waals surface area (Å²) in [4.78, 5) is 16.5. The standard InChI is InChI=1S/C14H15N3OS/c18-13(11-6-7-15-8-11)17-14-12(16-9-19-14)10-4-2-1-3-5-10/h1-5,9,11,15H,6-8H2,(H,17,18). The average Bonchev–Trinajstić information content (AvgIpc) is 3.11. The number of thiazole rings is 1. The third-order valence-corrected chi connectivity index (χ3v) is 4.02. The van der Waals surface area contributed by atoms with Crippen LogP contribution in [0.3, 0.4) is 0 Å². The molecule has 0 spiro atoms. The number of nitrogens with one attached hydrogen (secondary N) is 2. The molecule has 0 radical (unpaired) electrons. The Bertz CT molecular complexity index is 561. The second-order valence-corrected chi connectivity index (χ2v) is 5.43. The van der Waals surface area contributed by atoms with Crippen molar-refractivity contribution in [2.24, 2.45) is 5.92 Å². The molecule has 2 heterocycles. The van der Waals surface area contributed by atoms with E-state index in [-0.39, 0.29) is 11.8 Å². The highest BCUT2D eigenvalue weighted by molar-refractivity contribution is 7.14. The van der Waals surface area contributed by atoms with Gasteiger partial charge in [-0.05, 0) is 13.0 Å². The third kappa shape index (κ3) is 2.67. The quantitative estimate of drug-likeness (QED) is 0.902. The van der Waals surface area contributed by atoms with Crippen LogP contribution < -0.4 is 10.6 Å². The normalized spacial score (nSPS) is 18.4. The molecule has 0 bridgehead atoms. The molecular formula is C14H15N3OS. The summed E-state index contributed by atoms with van der Waals surface area (Å²) in [5.41, 5.74) is 3.65. The SMILES string of the molecule is O=C(Nc1scnc1-c1ccccc1)C1CCNC1. The van der Waals surface area contributed by atoms with Gasteiger partial charge in [0.25, 0.3) is 0 Å². The van der Waals surface area contributed by atoms with E-state index in [2.05, 4.69) is 15.6 Å². The van der Waals surface area contributed by atoms with E-state index < -0.39 is 0 Å². The molecule has 2 N–H and O–H groups in total. The summed E-state index contributed by atoms with van der Waals surface area (Å²) in [5, 5.41) is 7.05. The summed E-state index contributed by atoms with van der Waals surface area (Å²) in [6.07, 6.45) is 0.908. The van der Waals surface area contributed by atoms with Crippen molar-refractivity contribution in [3.05, 3.63) is 35.8 Å². The monoisotopic (exact) mass is 273 g/mol. The molecule has 5 heteroatoms. The smallest absolute Gasteiger partial charge is 0.229 e. The molecule has 0 aliphatic carbocycles. The lowest BCUT2D eigenvalue weighted by molar-refractivity contribution is -0.119. The number of hydrogen-bond donors (Lipinski definition) is 2. The summed E-state index contributed by atoms with van der Waals surface area (Å²) in [6.45, 7) is 1.69. The van der Waals surface area contributed by atoms with Crippen LogP contribution in [0.5, 0.6) is 0 Å². The fraction of sp³-hybridized carbons (Fsp3) is 0.286. The van der Waals surface area contributed by atoms with Gasteiger partial charge in [0.2, 0.25) is 5.91 Å².